The summed E-state index contributed by atoms with van der Waals surface area (Å²) in [5.74, 6) is 0.961. The predicted octanol–water partition coefficient (Wildman–Crippen LogP) is 4.64. The van der Waals surface area contributed by atoms with E-state index in [1.807, 2.05) is 36.5 Å². The Morgan fingerprint density at radius 1 is 0.871 bits per heavy atom. The maximum absolute atomic E-state index is 6.10. The van der Waals surface area contributed by atoms with Crippen LogP contribution < -0.4 is 11.5 Å². The molecular weight excluding hydrogens is 404 g/mol. The first-order valence-electron chi connectivity index (χ1n) is 10.3. The number of anilines is 2. The molecule has 31 heavy (non-hydrogen) atoms. The van der Waals surface area contributed by atoms with Gasteiger partial charge in [0, 0.05) is 44.2 Å². The number of ether oxygens (including phenoxy) is 1. The SMILES string of the molecule is C[Si](C)(C)CCOCn1c(-c2ccnc(N)c2)cc2c(-c3ccnc(N)c3)ccnc21. The molecule has 0 aliphatic rings. The van der Waals surface area contributed by atoms with Gasteiger partial charge < -0.3 is 20.8 Å². The molecule has 0 aliphatic carbocycles. The van der Waals surface area contributed by atoms with Crippen molar-refractivity contribution in [2.45, 2.75) is 32.4 Å². The van der Waals surface area contributed by atoms with Crippen LogP contribution in [0.4, 0.5) is 11.6 Å². The molecular formula is C23H28N6OSi. The van der Waals surface area contributed by atoms with E-state index >= 15 is 0 Å². The summed E-state index contributed by atoms with van der Waals surface area (Å²) < 4.78 is 8.20. The summed E-state index contributed by atoms with van der Waals surface area (Å²) in [7, 11) is -1.17. The predicted molar refractivity (Wildman–Crippen MR) is 129 cm³/mol. The Labute approximate surface area is 183 Å². The van der Waals surface area contributed by atoms with E-state index in [4.69, 9.17) is 16.2 Å². The van der Waals surface area contributed by atoms with Gasteiger partial charge in [-0.1, -0.05) is 19.6 Å². The zero-order chi connectivity index (χ0) is 22.0. The van der Waals surface area contributed by atoms with Gasteiger partial charge in [-0.15, -0.1) is 0 Å². The van der Waals surface area contributed by atoms with Crippen LogP contribution in [0.3, 0.4) is 0 Å². The van der Waals surface area contributed by atoms with Crippen molar-refractivity contribution in [1.82, 2.24) is 19.5 Å². The molecule has 4 N–H and O–H groups in total. The van der Waals surface area contributed by atoms with Gasteiger partial charge in [0.05, 0.1) is 5.69 Å². The molecule has 0 saturated heterocycles. The molecule has 0 aromatic carbocycles. The van der Waals surface area contributed by atoms with E-state index in [2.05, 4.69) is 45.2 Å². The molecule has 0 spiro atoms. The highest BCUT2D eigenvalue weighted by Gasteiger charge is 2.17. The van der Waals surface area contributed by atoms with E-state index in [0.29, 0.717) is 18.4 Å². The summed E-state index contributed by atoms with van der Waals surface area (Å²) >= 11 is 0. The molecule has 4 rings (SSSR count). The highest BCUT2D eigenvalue weighted by atomic mass is 28.3. The highest BCUT2D eigenvalue weighted by molar-refractivity contribution is 6.76. The van der Waals surface area contributed by atoms with Gasteiger partial charge >= 0.3 is 0 Å². The van der Waals surface area contributed by atoms with Crippen molar-refractivity contribution in [3.8, 4) is 22.4 Å². The Kier molecular flexibility index (Phi) is 5.75. The molecule has 4 aromatic rings. The van der Waals surface area contributed by atoms with Crippen LogP contribution in [-0.4, -0.2) is 34.2 Å². The Morgan fingerprint density at radius 2 is 1.52 bits per heavy atom. The number of nitrogens with zero attached hydrogens (tertiary/aromatic N) is 4. The summed E-state index contributed by atoms with van der Waals surface area (Å²) in [4.78, 5) is 12.9. The first-order valence-corrected chi connectivity index (χ1v) is 14.0. The monoisotopic (exact) mass is 432 g/mol. The van der Waals surface area contributed by atoms with Crippen LogP contribution in [0.2, 0.25) is 25.7 Å². The number of fused-ring (bicyclic) bond motifs is 1. The van der Waals surface area contributed by atoms with Crippen LogP contribution in [0, 0.1) is 0 Å². The largest absolute Gasteiger partial charge is 0.384 e. The minimum Gasteiger partial charge on any atom is -0.384 e. The third kappa shape index (κ3) is 4.75. The van der Waals surface area contributed by atoms with Gasteiger partial charge in [-0.3, -0.25) is 0 Å². The molecule has 0 fully saturated rings. The van der Waals surface area contributed by atoms with Gasteiger partial charge in [-0.25, -0.2) is 15.0 Å². The zero-order valence-electron chi connectivity index (χ0n) is 18.2. The van der Waals surface area contributed by atoms with Crippen molar-refractivity contribution in [2.24, 2.45) is 0 Å². The van der Waals surface area contributed by atoms with E-state index in [0.717, 1.165) is 46.1 Å². The van der Waals surface area contributed by atoms with Gasteiger partial charge in [0.1, 0.15) is 24.0 Å². The summed E-state index contributed by atoms with van der Waals surface area (Å²) in [5.41, 5.74) is 16.7. The normalized spacial score (nSPS) is 11.8. The minimum atomic E-state index is -1.17. The first kappa shape index (κ1) is 21.0. The lowest BCUT2D eigenvalue weighted by Gasteiger charge is -2.17. The van der Waals surface area contributed by atoms with E-state index in [9.17, 15) is 0 Å². The third-order valence-corrected chi connectivity index (χ3v) is 6.89. The van der Waals surface area contributed by atoms with E-state index in [1.54, 1.807) is 12.4 Å². The second-order valence-electron chi connectivity index (χ2n) is 8.84. The second kappa shape index (κ2) is 8.48. The molecule has 8 heteroatoms. The Balaban J connectivity index is 1.81. The summed E-state index contributed by atoms with van der Waals surface area (Å²) in [6.07, 6.45) is 5.26. The lowest BCUT2D eigenvalue weighted by Crippen LogP contribution is -2.22. The summed E-state index contributed by atoms with van der Waals surface area (Å²) in [6.45, 7) is 8.19. The van der Waals surface area contributed by atoms with E-state index < -0.39 is 8.07 Å². The second-order valence-corrected chi connectivity index (χ2v) is 14.5. The van der Waals surface area contributed by atoms with Gasteiger partial charge in [-0.2, -0.15) is 0 Å². The summed E-state index contributed by atoms with van der Waals surface area (Å²) in [5, 5.41) is 1.02. The van der Waals surface area contributed by atoms with Crippen LogP contribution in [0.1, 0.15) is 0 Å². The molecule has 0 amide bonds. The summed E-state index contributed by atoms with van der Waals surface area (Å²) in [6, 6.07) is 12.9. The van der Waals surface area contributed by atoms with Gasteiger partial charge in [0.15, 0.2) is 0 Å². The van der Waals surface area contributed by atoms with Gasteiger partial charge in [-0.05, 0) is 53.6 Å². The average Bonchev–Trinajstić information content (AvgIpc) is 3.09. The van der Waals surface area contributed by atoms with E-state index in [-0.39, 0.29) is 0 Å². The average molecular weight is 433 g/mol. The molecule has 0 radical (unpaired) electrons. The number of nitrogens with two attached hydrogens (primary N) is 2. The molecule has 0 atom stereocenters. The number of hydrogen-bond acceptors (Lipinski definition) is 6. The molecule has 0 aliphatic heterocycles. The smallest absolute Gasteiger partial charge is 0.142 e. The number of rotatable bonds is 7. The fraction of sp³-hybridized carbons (Fsp3) is 0.261. The third-order valence-electron chi connectivity index (χ3n) is 5.18. The molecule has 4 aromatic heterocycles. The van der Waals surface area contributed by atoms with Crippen molar-refractivity contribution in [2.75, 3.05) is 18.1 Å². The number of pyridine rings is 3. The van der Waals surface area contributed by atoms with Gasteiger partial charge in [0.2, 0.25) is 0 Å². The molecule has 160 valence electrons. The maximum atomic E-state index is 6.10. The molecule has 0 saturated carbocycles. The number of hydrogen-bond donors (Lipinski definition) is 2. The fourth-order valence-electron chi connectivity index (χ4n) is 3.53. The quantitative estimate of drug-likeness (QED) is 0.326. The fourth-order valence-corrected chi connectivity index (χ4v) is 4.28. The maximum Gasteiger partial charge on any atom is 0.142 e. The zero-order valence-corrected chi connectivity index (χ0v) is 19.2. The number of aromatic nitrogens is 4. The number of nitrogen functional groups attached to an aromatic ring is 2. The minimum absolute atomic E-state index is 0.417. The van der Waals surface area contributed by atoms with Crippen molar-refractivity contribution in [3.05, 3.63) is 55.0 Å². The first-order chi connectivity index (χ1) is 14.8. The Bertz CT molecular complexity index is 1210. The molecule has 0 bridgehead atoms. The van der Waals surface area contributed by atoms with Crippen molar-refractivity contribution in [3.63, 3.8) is 0 Å². The van der Waals surface area contributed by atoms with Crippen molar-refractivity contribution < 1.29 is 4.74 Å². The van der Waals surface area contributed by atoms with E-state index in [1.165, 1.54) is 0 Å². The topological polar surface area (TPSA) is 105 Å². The Morgan fingerprint density at radius 3 is 2.19 bits per heavy atom. The van der Waals surface area contributed by atoms with Crippen LogP contribution in [0.25, 0.3) is 33.4 Å². The molecule has 0 unspecified atom stereocenters. The standard InChI is InChI=1S/C23H28N6OSi/c1-31(2,3)11-10-30-15-29-20(17-5-8-27-22(25)13-17)14-19-18(6-9-28-23(19)29)16-4-7-26-21(24)12-16/h4-9,12-14H,10-11,15H2,1-3H3,(H2,24,26)(H2,25,27). The molecule has 4 heterocycles. The Hall–Kier alpha value is -3.23. The highest BCUT2D eigenvalue weighted by Crippen LogP contribution is 2.34. The van der Waals surface area contributed by atoms with Crippen molar-refractivity contribution in [1.29, 1.82) is 0 Å². The van der Waals surface area contributed by atoms with Crippen molar-refractivity contribution >= 4 is 30.7 Å². The van der Waals surface area contributed by atoms with Crippen LogP contribution >= 0.6 is 0 Å². The van der Waals surface area contributed by atoms with Crippen LogP contribution in [0.15, 0.2) is 55.0 Å². The lowest BCUT2D eigenvalue weighted by atomic mass is 10.0. The molecule has 7 nitrogen and oxygen atoms in total. The van der Waals surface area contributed by atoms with Gasteiger partial charge in [0.25, 0.3) is 0 Å². The van der Waals surface area contributed by atoms with Crippen LogP contribution in [-0.2, 0) is 11.5 Å². The lowest BCUT2D eigenvalue weighted by molar-refractivity contribution is 0.0909. The van der Waals surface area contributed by atoms with Crippen LogP contribution in [0.5, 0.6) is 0 Å².